The number of rotatable bonds is 3. The van der Waals surface area contributed by atoms with Crippen molar-refractivity contribution in [1.29, 1.82) is 0 Å². The molecule has 0 radical (unpaired) electrons. The van der Waals surface area contributed by atoms with Crippen molar-refractivity contribution in [3.8, 4) is 0 Å². The average molecular weight is 279 g/mol. The van der Waals surface area contributed by atoms with E-state index in [0.29, 0.717) is 0 Å². The van der Waals surface area contributed by atoms with Gasteiger partial charge in [0.05, 0.1) is 10.4 Å². The van der Waals surface area contributed by atoms with E-state index in [4.69, 9.17) is 0 Å². The largest absolute Gasteiger partial charge is 0.355 e. The summed E-state index contributed by atoms with van der Waals surface area (Å²) in [5.41, 5.74) is 3.87. The molecule has 0 aliphatic heterocycles. The first-order chi connectivity index (χ1) is 10.1. The van der Waals surface area contributed by atoms with Gasteiger partial charge in [-0.15, -0.1) is 0 Å². The molecule has 0 fully saturated rings. The van der Waals surface area contributed by atoms with Gasteiger partial charge in [-0.1, -0.05) is 18.2 Å². The Kier molecular flexibility index (Phi) is 3.23. The number of fused-ring (bicyclic) bond motifs is 1. The standard InChI is InChI=1S/C16H13N3O2/c1-11-3-2-4-14-15(9-10-17-16(11)14)18-12-5-7-13(8-6-12)19(20)21/h2-10H,1H3,(H,17,18). The maximum absolute atomic E-state index is 10.7. The Morgan fingerprint density at radius 3 is 2.57 bits per heavy atom. The number of para-hydroxylation sites is 1. The van der Waals surface area contributed by atoms with E-state index in [2.05, 4.69) is 10.3 Å². The molecule has 0 unspecified atom stereocenters. The van der Waals surface area contributed by atoms with Crippen LogP contribution in [0.25, 0.3) is 10.9 Å². The first kappa shape index (κ1) is 13.1. The van der Waals surface area contributed by atoms with Crippen LogP contribution in [0.15, 0.2) is 54.7 Å². The van der Waals surface area contributed by atoms with Crippen LogP contribution >= 0.6 is 0 Å². The van der Waals surface area contributed by atoms with Gasteiger partial charge in [0, 0.05) is 35.1 Å². The highest BCUT2D eigenvalue weighted by Crippen LogP contribution is 2.27. The van der Waals surface area contributed by atoms with Crippen LogP contribution < -0.4 is 5.32 Å². The van der Waals surface area contributed by atoms with Crippen molar-refractivity contribution in [2.75, 3.05) is 5.32 Å². The van der Waals surface area contributed by atoms with E-state index in [1.807, 2.05) is 31.2 Å². The number of nitrogens with one attached hydrogen (secondary N) is 1. The zero-order valence-electron chi connectivity index (χ0n) is 11.4. The lowest BCUT2D eigenvalue weighted by atomic mass is 10.1. The predicted octanol–water partition coefficient (Wildman–Crippen LogP) is 4.20. The van der Waals surface area contributed by atoms with E-state index in [0.717, 1.165) is 27.8 Å². The molecular formula is C16H13N3O2. The second-order valence-corrected chi connectivity index (χ2v) is 4.76. The van der Waals surface area contributed by atoms with Crippen LogP contribution in [0.1, 0.15) is 5.56 Å². The summed E-state index contributed by atoms with van der Waals surface area (Å²) in [7, 11) is 0. The summed E-state index contributed by atoms with van der Waals surface area (Å²) in [5, 5.41) is 15.0. The summed E-state index contributed by atoms with van der Waals surface area (Å²) in [4.78, 5) is 14.6. The lowest BCUT2D eigenvalue weighted by molar-refractivity contribution is -0.384. The fraction of sp³-hybridized carbons (Fsp3) is 0.0625. The summed E-state index contributed by atoms with van der Waals surface area (Å²) in [6.07, 6.45) is 1.75. The van der Waals surface area contributed by atoms with Crippen LogP contribution in [-0.2, 0) is 0 Å². The summed E-state index contributed by atoms with van der Waals surface area (Å²) in [6.45, 7) is 2.02. The minimum atomic E-state index is -0.408. The molecule has 1 aromatic heterocycles. The van der Waals surface area contributed by atoms with Crippen LogP contribution in [-0.4, -0.2) is 9.91 Å². The number of anilines is 2. The smallest absolute Gasteiger partial charge is 0.269 e. The maximum Gasteiger partial charge on any atom is 0.269 e. The van der Waals surface area contributed by atoms with Gasteiger partial charge >= 0.3 is 0 Å². The van der Waals surface area contributed by atoms with Gasteiger partial charge in [0.1, 0.15) is 0 Å². The topological polar surface area (TPSA) is 68.1 Å². The molecule has 2 aromatic carbocycles. The third-order valence-electron chi connectivity index (χ3n) is 3.33. The van der Waals surface area contributed by atoms with Gasteiger partial charge in [-0.05, 0) is 30.7 Å². The monoisotopic (exact) mass is 279 g/mol. The third kappa shape index (κ3) is 2.53. The second-order valence-electron chi connectivity index (χ2n) is 4.76. The quantitative estimate of drug-likeness (QED) is 0.576. The molecule has 0 aliphatic rings. The van der Waals surface area contributed by atoms with Gasteiger partial charge in [0.2, 0.25) is 0 Å². The zero-order valence-corrected chi connectivity index (χ0v) is 11.4. The van der Waals surface area contributed by atoms with E-state index < -0.39 is 4.92 Å². The van der Waals surface area contributed by atoms with Crippen molar-refractivity contribution >= 4 is 28.0 Å². The van der Waals surface area contributed by atoms with Crippen molar-refractivity contribution in [2.24, 2.45) is 0 Å². The molecule has 3 rings (SSSR count). The van der Waals surface area contributed by atoms with Crippen LogP contribution in [0.5, 0.6) is 0 Å². The van der Waals surface area contributed by atoms with Crippen molar-refractivity contribution in [3.63, 3.8) is 0 Å². The van der Waals surface area contributed by atoms with Gasteiger partial charge in [-0.3, -0.25) is 15.1 Å². The van der Waals surface area contributed by atoms with Gasteiger partial charge in [0.15, 0.2) is 0 Å². The Morgan fingerprint density at radius 2 is 1.86 bits per heavy atom. The maximum atomic E-state index is 10.7. The molecule has 104 valence electrons. The molecule has 5 nitrogen and oxygen atoms in total. The van der Waals surface area contributed by atoms with Gasteiger partial charge < -0.3 is 5.32 Å². The van der Waals surface area contributed by atoms with Crippen LogP contribution in [0.4, 0.5) is 17.1 Å². The molecule has 3 aromatic rings. The van der Waals surface area contributed by atoms with Gasteiger partial charge in [-0.2, -0.15) is 0 Å². The minimum Gasteiger partial charge on any atom is -0.355 e. The number of aromatic nitrogens is 1. The summed E-state index contributed by atoms with van der Waals surface area (Å²) in [6, 6.07) is 14.3. The summed E-state index contributed by atoms with van der Waals surface area (Å²) in [5.74, 6) is 0. The van der Waals surface area contributed by atoms with Gasteiger partial charge in [-0.25, -0.2) is 0 Å². The number of nitro benzene ring substituents is 1. The first-order valence-corrected chi connectivity index (χ1v) is 6.51. The molecule has 0 saturated heterocycles. The molecule has 21 heavy (non-hydrogen) atoms. The highest BCUT2D eigenvalue weighted by Gasteiger charge is 2.06. The highest BCUT2D eigenvalue weighted by atomic mass is 16.6. The van der Waals surface area contributed by atoms with E-state index in [-0.39, 0.29) is 5.69 Å². The number of benzene rings is 2. The fourth-order valence-corrected chi connectivity index (χ4v) is 2.25. The molecule has 1 heterocycles. The lowest BCUT2D eigenvalue weighted by Gasteiger charge is -2.10. The SMILES string of the molecule is Cc1cccc2c(Nc3ccc([N+](=O)[O-])cc3)ccnc12. The Labute approximate surface area is 121 Å². The van der Waals surface area contributed by atoms with Crippen LogP contribution in [0.2, 0.25) is 0 Å². The zero-order chi connectivity index (χ0) is 14.8. The third-order valence-corrected chi connectivity index (χ3v) is 3.33. The molecule has 0 atom stereocenters. The molecule has 5 heteroatoms. The Hall–Kier alpha value is -2.95. The molecular weight excluding hydrogens is 266 g/mol. The Bertz CT molecular complexity index is 813. The van der Waals surface area contributed by atoms with Crippen molar-refractivity contribution in [1.82, 2.24) is 4.98 Å². The van der Waals surface area contributed by atoms with E-state index in [1.54, 1.807) is 18.3 Å². The number of aryl methyl sites for hydroxylation is 1. The van der Waals surface area contributed by atoms with E-state index in [9.17, 15) is 10.1 Å². The Balaban J connectivity index is 1.98. The van der Waals surface area contributed by atoms with E-state index >= 15 is 0 Å². The van der Waals surface area contributed by atoms with Crippen molar-refractivity contribution in [2.45, 2.75) is 6.92 Å². The number of nitrogens with zero attached hydrogens (tertiary/aromatic N) is 2. The minimum absolute atomic E-state index is 0.0796. The van der Waals surface area contributed by atoms with Crippen LogP contribution in [0.3, 0.4) is 0 Å². The summed E-state index contributed by atoms with van der Waals surface area (Å²) < 4.78 is 0. The van der Waals surface area contributed by atoms with Crippen molar-refractivity contribution < 1.29 is 4.92 Å². The number of non-ortho nitro benzene ring substituents is 1. The van der Waals surface area contributed by atoms with Crippen molar-refractivity contribution in [3.05, 3.63) is 70.4 Å². The fourth-order valence-electron chi connectivity index (χ4n) is 2.25. The first-order valence-electron chi connectivity index (χ1n) is 6.51. The highest BCUT2D eigenvalue weighted by molar-refractivity contribution is 5.94. The van der Waals surface area contributed by atoms with Gasteiger partial charge in [0.25, 0.3) is 5.69 Å². The molecule has 0 bridgehead atoms. The van der Waals surface area contributed by atoms with E-state index in [1.165, 1.54) is 12.1 Å². The number of hydrogen-bond acceptors (Lipinski definition) is 4. The molecule has 0 saturated carbocycles. The Morgan fingerprint density at radius 1 is 1.10 bits per heavy atom. The lowest BCUT2D eigenvalue weighted by Crippen LogP contribution is -1.94. The molecule has 0 spiro atoms. The average Bonchev–Trinajstić information content (AvgIpc) is 2.49. The predicted molar refractivity (Wildman–Crippen MR) is 82.9 cm³/mol. The molecule has 0 amide bonds. The molecule has 0 aliphatic carbocycles. The number of nitro groups is 1. The second kappa shape index (κ2) is 5.20. The van der Waals surface area contributed by atoms with Crippen LogP contribution in [0, 0.1) is 17.0 Å². The summed E-state index contributed by atoms with van der Waals surface area (Å²) >= 11 is 0. The number of hydrogen-bond donors (Lipinski definition) is 1. The number of pyridine rings is 1. The normalized spacial score (nSPS) is 10.5. The molecule has 1 N–H and O–H groups in total.